The third kappa shape index (κ3) is 3.77. The molecule has 0 saturated carbocycles. The van der Waals surface area contributed by atoms with E-state index in [1.807, 2.05) is 48.6 Å². The van der Waals surface area contributed by atoms with Crippen LogP contribution in [0.2, 0.25) is 0 Å². The van der Waals surface area contributed by atoms with Crippen molar-refractivity contribution >= 4 is 52.7 Å². The first-order valence-electron chi connectivity index (χ1n) is 5.29. The van der Waals surface area contributed by atoms with Gasteiger partial charge >= 0.3 is 0 Å². The maximum atomic E-state index is 4.29. The Morgan fingerprint density at radius 2 is 1.94 bits per heavy atom. The van der Waals surface area contributed by atoms with Crippen molar-refractivity contribution in [3.05, 3.63) is 24.3 Å². The van der Waals surface area contributed by atoms with Crippen LogP contribution in [-0.4, -0.2) is 32.9 Å². The summed E-state index contributed by atoms with van der Waals surface area (Å²) in [7, 11) is 6.00. The Bertz CT molecular complexity index is 495. The minimum atomic E-state index is -0.283. The Morgan fingerprint density at radius 3 is 2.56 bits per heavy atom. The second-order valence-corrected chi connectivity index (χ2v) is 8.20. The van der Waals surface area contributed by atoms with Crippen molar-refractivity contribution in [1.29, 1.82) is 0 Å². The van der Waals surface area contributed by atoms with Gasteiger partial charge in [-0.2, -0.15) is 5.10 Å². The van der Waals surface area contributed by atoms with Gasteiger partial charge in [-0.3, -0.25) is 0 Å². The van der Waals surface area contributed by atoms with Crippen LogP contribution in [0.15, 0.2) is 39.6 Å². The van der Waals surface area contributed by atoms with Crippen molar-refractivity contribution in [2.24, 2.45) is 15.3 Å². The van der Waals surface area contributed by atoms with E-state index in [0.717, 1.165) is 14.3 Å². The molecule has 1 aromatic rings. The quantitative estimate of drug-likeness (QED) is 0.462. The Morgan fingerprint density at radius 1 is 1.22 bits per heavy atom. The molecule has 0 radical (unpaired) electrons. The lowest BCUT2D eigenvalue weighted by atomic mass is 10.3. The Hall–Kier alpha value is -0.960. The molecule has 1 aromatic carbocycles. The van der Waals surface area contributed by atoms with Crippen LogP contribution in [0.3, 0.4) is 0 Å². The van der Waals surface area contributed by atoms with Crippen LogP contribution in [-0.2, 0) is 0 Å². The number of hydrazone groups is 1. The molecule has 0 N–H and O–H groups in total. The second-order valence-electron chi connectivity index (χ2n) is 3.73. The van der Waals surface area contributed by atoms with Crippen LogP contribution in [0.5, 0.6) is 0 Å². The van der Waals surface area contributed by atoms with Crippen molar-refractivity contribution in [3.8, 4) is 0 Å². The normalized spacial score (nSPS) is 15.5. The highest BCUT2D eigenvalue weighted by molar-refractivity contribution is 14.2. The summed E-state index contributed by atoms with van der Waals surface area (Å²) in [5.74, 6) is 0. The molecule has 0 unspecified atom stereocenters. The van der Waals surface area contributed by atoms with E-state index in [0.29, 0.717) is 0 Å². The number of nitrogens with zero attached hydrogens (tertiary/aromatic N) is 5. The van der Waals surface area contributed by atoms with E-state index in [4.69, 9.17) is 0 Å². The molecule has 0 atom stereocenters. The van der Waals surface area contributed by atoms with Crippen LogP contribution >= 0.6 is 32.8 Å². The Kier molecular flexibility index (Phi) is 4.70. The predicted octanol–water partition coefficient (Wildman–Crippen LogP) is 3.43. The number of hydrogen-bond donors (Lipinski definition) is 0. The molecule has 7 heteroatoms. The van der Waals surface area contributed by atoms with E-state index in [2.05, 4.69) is 20.2 Å². The summed E-state index contributed by atoms with van der Waals surface area (Å²) in [6, 6.07) is 8.03. The molecule has 96 valence electrons. The number of hydrogen-bond acceptors (Lipinski definition) is 6. The first-order valence-corrected chi connectivity index (χ1v) is 8.21. The fourth-order valence-electron chi connectivity index (χ4n) is 1.23. The van der Waals surface area contributed by atoms with Gasteiger partial charge in [0.25, 0.3) is 0 Å². The minimum Gasteiger partial charge on any atom is -0.378 e. The number of benzene rings is 1. The summed E-state index contributed by atoms with van der Waals surface area (Å²) >= 11 is 1.27. The van der Waals surface area contributed by atoms with Crippen LogP contribution < -0.4 is 4.90 Å². The fraction of sp³-hybridized carbons (Fsp3) is 0.273. The number of thioether (sulfide) groups is 1. The van der Waals surface area contributed by atoms with Crippen molar-refractivity contribution < 1.29 is 0 Å². The third-order valence-electron chi connectivity index (χ3n) is 2.16. The molecule has 0 spiro atoms. The summed E-state index contributed by atoms with van der Waals surface area (Å²) in [6.45, 7) is 0. The molecule has 5 nitrogen and oxygen atoms in total. The van der Waals surface area contributed by atoms with E-state index in [1.165, 1.54) is 0 Å². The molecule has 0 amide bonds. The lowest BCUT2D eigenvalue weighted by molar-refractivity contribution is 0.672. The van der Waals surface area contributed by atoms with Gasteiger partial charge in [-0.1, -0.05) is 0 Å². The summed E-state index contributed by atoms with van der Waals surface area (Å²) < 4.78 is 3.00. The second kappa shape index (κ2) is 6.28. The average molecular weight is 375 g/mol. The average Bonchev–Trinajstić information content (AvgIpc) is 2.37. The molecule has 0 fully saturated rings. The highest BCUT2D eigenvalue weighted by atomic mass is 127. The highest BCUT2D eigenvalue weighted by Crippen LogP contribution is 2.24. The smallest absolute Gasteiger partial charge is 0.174 e. The summed E-state index contributed by atoms with van der Waals surface area (Å²) in [6.07, 6.45) is 0. The third-order valence-corrected chi connectivity index (χ3v) is 5.44. The van der Waals surface area contributed by atoms with Gasteiger partial charge in [-0.25, -0.2) is 3.22 Å². The summed E-state index contributed by atoms with van der Waals surface area (Å²) in [5.41, 5.74) is 3.84. The van der Waals surface area contributed by atoms with Gasteiger partial charge in [0.1, 0.15) is 0 Å². The Labute approximate surface area is 121 Å². The first kappa shape index (κ1) is 13.5. The van der Waals surface area contributed by atoms with Gasteiger partial charge in [-0.05, 0) is 36.0 Å². The molecule has 2 rings (SSSR count). The standard InChI is InChI=1S/C11H14IN5S/c1-16(2)10-6-4-9(5-7-10)14-15-11-12-17(3)13-8-18-11/h4-8H,1-3H3. The molecule has 1 aliphatic heterocycles. The molecule has 0 bridgehead atoms. The molecule has 0 aliphatic carbocycles. The van der Waals surface area contributed by atoms with Gasteiger partial charge < -0.3 is 4.90 Å². The van der Waals surface area contributed by atoms with Crippen LogP contribution in [0.4, 0.5) is 11.4 Å². The van der Waals surface area contributed by atoms with Gasteiger partial charge in [0.15, 0.2) is 2.96 Å². The highest BCUT2D eigenvalue weighted by Gasteiger charge is 2.03. The first-order chi connectivity index (χ1) is 8.65. The maximum Gasteiger partial charge on any atom is 0.174 e. The summed E-state index contributed by atoms with van der Waals surface area (Å²) in [5, 5.41) is 12.7. The van der Waals surface area contributed by atoms with Crippen molar-refractivity contribution in [2.75, 3.05) is 26.0 Å². The predicted molar refractivity (Wildman–Crippen MR) is 88.2 cm³/mol. The molecule has 0 saturated heterocycles. The van der Waals surface area contributed by atoms with E-state index in [9.17, 15) is 0 Å². The SMILES string of the molecule is CN1N=CSC(N=Nc2ccc(N(C)C)cc2)=I1. The maximum absolute atomic E-state index is 4.29. The number of azo groups is 1. The fourth-order valence-corrected chi connectivity index (χ4v) is 4.21. The number of rotatable bonds is 3. The minimum absolute atomic E-state index is 0.283. The lowest BCUT2D eigenvalue weighted by Crippen LogP contribution is -2.07. The van der Waals surface area contributed by atoms with Gasteiger partial charge in [-0.15, -0.1) is 10.2 Å². The van der Waals surface area contributed by atoms with Crippen LogP contribution in [0.1, 0.15) is 0 Å². The Balaban J connectivity index is 2.05. The van der Waals surface area contributed by atoms with Crippen molar-refractivity contribution in [2.45, 2.75) is 0 Å². The zero-order valence-corrected chi connectivity index (χ0v) is 13.4. The zero-order chi connectivity index (χ0) is 13.0. The molecule has 1 aliphatic rings. The van der Waals surface area contributed by atoms with Crippen molar-refractivity contribution in [1.82, 2.24) is 3.22 Å². The van der Waals surface area contributed by atoms with E-state index >= 15 is 0 Å². The van der Waals surface area contributed by atoms with Crippen molar-refractivity contribution in [3.63, 3.8) is 0 Å². The van der Waals surface area contributed by atoms with Gasteiger partial charge in [0, 0.05) is 26.8 Å². The van der Waals surface area contributed by atoms with Crippen LogP contribution in [0.25, 0.3) is 0 Å². The largest absolute Gasteiger partial charge is 0.378 e. The van der Waals surface area contributed by atoms with E-state index < -0.39 is 0 Å². The van der Waals surface area contributed by atoms with E-state index in [1.54, 1.807) is 17.3 Å². The van der Waals surface area contributed by atoms with Gasteiger partial charge in [0.05, 0.1) is 32.2 Å². The molecule has 1 heterocycles. The van der Waals surface area contributed by atoms with Crippen LogP contribution in [0, 0.1) is 0 Å². The molecular formula is C11H14IN5S. The summed E-state index contributed by atoms with van der Waals surface area (Å²) in [4.78, 5) is 2.06. The number of halogens is 1. The lowest BCUT2D eigenvalue weighted by Gasteiger charge is -2.11. The van der Waals surface area contributed by atoms with E-state index in [-0.39, 0.29) is 21.0 Å². The van der Waals surface area contributed by atoms with Gasteiger partial charge in [0.2, 0.25) is 0 Å². The molecular weight excluding hydrogens is 361 g/mol. The topological polar surface area (TPSA) is 43.6 Å². The number of anilines is 1. The monoisotopic (exact) mass is 375 g/mol. The molecule has 0 aromatic heterocycles. The zero-order valence-electron chi connectivity index (χ0n) is 10.4. The molecule has 18 heavy (non-hydrogen) atoms.